The lowest BCUT2D eigenvalue weighted by atomic mass is 10.2. The van der Waals surface area contributed by atoms with Crippen LogP contribution in [0.15, 0.2) is 18.2 Å². The molecule has 0 aliphatic carbocycles. The Kier molecular flexibility index (Phi) is 5.94. The Balaban J connectivity index is 2.57. The molecule has 96 valence electrons. The standard InChI is InChI=1S/C13H21FN2O/c1-4-17-13-6-5-11(9-12(13)14)10-16(3)8-7-15-2/h5-6,9,15H,4,7-8,10H2,1-3H3. The van der Waals surface area contributed by atoms with E-state index in [0.717, 1.165) is 25.2 Å². The van der Waals surface area contributed by atoms with E-state index in [9.17, 15) is 4.39 Å². The summed E-state index contributed by atoms with van der Waals surface area (Å²) < 4.78 is 18.7. The Hall–Kier alpha value is -1.13. The summed E-state index contributed by atoms with van der Waals surface area (Å²) >= 11 is 0. The predicted octanol–water partition coefficient (Wildman–Crippen LogP) is 1.88. The molecule has 0 saturated carbocycles. The lowest BCUT2D eigenvalue weighted by Gasteiger charge is -2.16. The van der Waals surface area contributed by atoms with Gasteiger partial charge in [-0.3, -0.25) is 0 Å². The maximum absolute atomic E-state index is 13.6. The molecule has 17 heavy (non-hydrogen) atoms. The first-order chi connectivity index (χ1) is 8.17. The predicted molar refractivity (Wildman–Crippen MR) is 67.8 cm³/mol. The highest BCUT2D eigenvalue weighted by atomic mass is 19.1. The molecule has 0 heterocycles. The van der Waals surface area contributed by atoms with Gasteiger partial charge in [0.1, 0.15) is 0 Å². The zero-order valence-corrected chi connectivity index (χ0v) is 10.8. The van der Waals surface area contributed by atoms with E-state index in [0.29, 0.717) is 12.4 Å². The normalized spacial score (nSPS) is 10.9. The van der Waals surface area contributed by atoms with Crippen molar-refractivity contribution in [1.29, 1.82) is 0 Å². The molecule has 0 aromatic heterocycles. The Morgan fingerprint density at radius 3 is 2.76 bits per heavy atom. The van der Waals surface area contributed by atoms with E-state index >= 15 is 0 Å². The minimum absolute atomic E-state index is 0.286. The highest BCUT2D eigenvalue weighted by Gasteiger charge is 2.06. The second-order valence-electron chi connectivity index (χ2n) is 4.04. The number of rotatable bonds is 7. The minimum Gasteiger partial charge on any atom is -0.491 e. The number of ether oxygens (including phenoxy) is 1. The zero-order valence-electron chi connectivity index (χ0n) is 10.8. The van der Waals surface area contributed by atoms with E-state index < -0.39 is 0 Å². The summed E-state index contributed by atoms with van der Waals surface area (Å²) in [6.45, 7) is 4.93. The second-order valence-corrected chi connectivity index (χ2v) is 4.04. The molecular weight excluding hydrogens is 219 g/mol. The fourth-order valence-corrected chi connectivity index (χ4v) is 1.61. The van der Waals surface area contributed by atoms with Gasteiger partial charge in [0, 0.05) is 19.6 Å². The molecule has 0 atom stereocenters. The van der Waals surface area contributed by atoms with Crippen LogP contribution in [0.4, 0.5) is 4.39 Å². The fourth-order valence-electron chi connectivity index (χ4n) is 1.61. The van der Waals surface area contributed by atoms with Crippen molar-refractivity contribution in [2.45, 2.75) is 13.5 Å². The third-order valence-corrected chi connectivity index (χ3v) is 2.49. The Bertz CT molecular complexity index is 344. The first kappa shape index (κ1) is 13.9. The van der Waals surface area contributed by atoms with Crippen LogP contribution in [0, 0.1) is 5.82 Å². The van der Waals surface area contributed by atoms with Crippen molar-refractivity contribution < 1.29 is 9.13 Å². The average molecular weight is 240 g/mol. The van der Waals surface area contributed by atoms with Gasteiger partial charge in [0.25, 0.3) is 0 Å². The molecule has 0 saturated heterocycles. The molecule has 1 N–H and O–H groups in total. The summed E-state index contributed by atoms with van der Waals surface area (Å²) in [7, 11) is 3.94. The molecule has 0 spiro atoms. The number of nitrogens with one attached hydrogen (secondary N) is 1. The highest BCUT2D eigenvalue weighted by molar-refractivity contribution is 5.29. The van der Waals surface area contributed by atoms with Crippen LogP contribution in [0.2, 0.25) is 0 Å². The van der Waals surface area contributed by atoms with Gasteiger partial charge in [-0.2, -0.15) is 0 Å². The molecule has 0 fully saturated rings. The van der Waals surface area contributed by atoms with E-state index in [4.69, 9.17) is 4.74 Å². The van der Waals surface area contributed by atoms with Crippen LogP contribution >= 0.6 is 0 Å². The molecule has 0 amide bonds. The summed E-state index contributed by atoms with van der Waals surface area (Å²) in [5.74, 6) is 0.0421. The average Bonchev–Trinajstić information content (AvgIpc) is 2.30. The van der Waals surface area contributed by atoms with Gasteiger partial charge >= 0.3 is 0 Å². The van der Waals surface area contributed by atoms with Gasteiger partial charge in [-0.1, -0.05) is 6.07 Å². The molecule has 0 bridgehead atoms. The SMILES string of the molecule is CCOc1ccc(CN(C)CCNC)cc1F. The maximum Gasteiger partial charge on any atom is 0.165 e. The summed E-state index contributed by atoms with van der Waals surface area (Å²) in [5.41, 5.74) is 0.963. The topological polar surface area (TPSA) is 24.5 Å². The molecule has 0 aliphatic rings. The molecule has 1 rings (SSSR count). The smallest absolute Gasteiger partial charge is 0.165 e. The number of nitrogens with zero attached hydrogens (tertiary/aromatic N) is 1. The summed E-state index contributed by atoms with van der Waals surface area (Å²) in [5, 5.41) is 3.09. The Morgan fingerprint density at radius 1 is 1.41 bits per heavy atom. The van der Waals surface area contributed by atoms with Crippen LogP contribution in [0.1, 0.15) is 12.5 Å². The number of hydrogen-bond donors (Lipinski definition) is 1. The lowest BCUT2D eigenvalue weighted by molar-refractivity contribution is 0.316. The molecule has 1 aromatic carbocycles. The molecular formula is C13H21FN2O. The molecule has 1 aromatic rings. The monoisotopic (exact) mass is 240 g/mol. The van der Waals surface area contributed by atoms with Crippen molar-refractivity contribution in [3.05, 3.63) is 29.6 Å². The minimum atomic E-state index is -0.286. The molecule has 3 nitrogen and oxygen atoms in total. The molecule has 0 aliphatic heterocycles. The van der Waals surface area contributed by atoms with E-state index in [1.807, 2.05) is 27.1 Å². The van der Waals surface area contributed by atoms with Gasteiger partial charge in [0.15, 0.2) is 11.6 Å². The molecule has 0 radical (unpaired) electrons. The van der Waals surface area contributed by atoms with Crippen LogP contribution in [0.5, 0.6) is 5.75 Å². The van der Waals surface area contributed by atoms with Crippen molar-refractivity contribution in [2.24, 2.45) is 0 Å². The van der Waals surface area contributed by atoms with Crippen molar-refractivity contribution in [3.63, 3.8) is 0 Å². The van der Waals surface area contributed by atoms with E-state index in [1.165, 1.54) is 0 Å². The van der Waals surface area contributed by atoms with Crippen molar-refractivity contribution in [1.82, 2.24) is 10.2 Å². The van der Waals surface area contributed by atoms with Crippen molar-refractivity contribution in [2.75, 3.05) is 33.8 Å². The van der Waals surface area contributed by atoms with Gasteiger partial charge in [-0.15, -0.1) is 0 Å². The first-order valence-corrected chi connectivity index (χ1v) is 5.91. The van der Waals surface area contributed by atoms with Crippen LogP contribution in [0.3, 0.4) is 0 Å². The summed E-state index contributed by atoms with van der Waals surface area (Å²) in [4.78, 5) is 2.14. The zero-order chi connectivity index (χ0) is 12.7. The number of benzene rings is 1. The van der Waals surface area contributed by atoms with Gasteiger partial charge in [0.2, 0.25) is 0 Å². The lowest BCUT2D eigenvalue weighted by Crippen LogP contribution is -2.26. The Morgan fingerprint density at radius 2 is 2.18 bits per heavy atom. The van der Waals surface area contributed by atoms with Gasteiger partial charge < -0.3 is 15.0 Å². The van der Waals surface area contributed by atoms with Crippen molar-refractivity contribution in [3.8, 4) is 5.75 Å². The number of likely N-dealkylation sites (N-methyl/N-ethyl adjacent to an activating group) is 2. The summed E-state index contributed by atoms with van der Waals surface area (Å²) in [6.07, 6.45) is 0. The largest absolute Gasteiger partial charge is 0.491 e. The van der Waals surface area contributed by atoms with Crippen LogP contribution in [0.25, 0.3) is 0 Å². The summed E-state index contributed by atoms with van der Waals surface area (Å²) in [6, 6.07) is 5.14. The third kappa shape index (κ3) is 4.71. The van der Waals surface area contributed by atoms with Crippen LogP contribution < -0.4 is 10.1 Å². The molecule has 0 unspecified atom stereocenters. The van der Waals surface area contributed by atoms with Crippen LogP contribution in [-0.4, -0.2) is 38.7 Å². The Labute approximate surface area is 103 Å². The third-order valence-electron chi connectivity index (χ3n) is 2.49. The number of hydrogen-bond acceptors (Lipinski definition) is 3. The van der Waals surface area contributed by atoms with Gasteiger partial charge in [0.05, 0.1) is 6.61 Å². The maximum atomic E-state index is 13.6. The first-order valence-electron chi connectivity index (χ1n) is 5.91. The number of halogens is 1. The quantitative estimate of drug-likeness (QED) is 0.787. The van der Waals surface area contributed by atoms with Crippen LogP contribution in [-0.2, 0) is 6.54 Å². The van der Waals surface area contributed by atoms with E-state index in [1.54, 1.807) is 12.1 Å². The van der Waals surface area contributed by atoms with Crippen molar-refractivity contribution >= 4 is 0 Å². The van der Waals surface area contributed by atoms with Gasteiger partial charge in [-0.25, -0.2) is 4.39 Å². The van der Waals surface area contributed by atoms with E-state index in [2.05, 4.69) is 10.2 Å². The molecule has 4 heteroatoms. The second kappa shape index (κ2) is 7.25. The van der Waals surface area contributed by atoms with Gasteiger partial charge in [-0.05, 0) is 38.7 Å². The highest BCUT2D eigenvalue weighted by Crippen LogP contribution is 2.18. The fraction of sp³-hybridized carbons (Fsp3) is 0.538. The van der Waals surface area contributed by atoms with E-state index in [-0.39, 0.29) is 5.82 Å².